The van der Waals surface area contributed by atoms with Crippen LogP contribution in [0.3, 0.4) is 0 Å². The topological polar surface area (TPSA) is 38.9 Å². The molecule has 3 nitrogen and oxygen atoms in total. The van der Waals surface area contributed by atoms with Crippen LogP contribution in [-0.4, -0.2) is 16.2 Å². The number of aromatic nitrogens is 2. The van der Waals surface area contributed by atoms with Crippen molar-refractivity contribution in [3.05, 3.63) is 41.2 Å². The van der Waals surface area contributed by atoms with E-state index in [4.69, 9.17) is 4.42 Å². The van der Waals surface area contributed by atoms with Gasteiger partial charge in [-0.3, -0.25) is 0 Å². The molecule has 3 aromatic rings. The largest absolute Gasteiger partial charge is 0.445 e. The van der Waals surface area contributed by atoms with Crippen LogP contribution in [0.25, 0.3) is 22.2 Å². The molecule has 3 rings (SSSR count). The predicted octanol–water partition coefficient (Wildman–Crippen LogP) is 4.37. The Morgan fingerprint density at radius 3 is 2.67 bits per heavy atom. The summed E-state index contributed by atoms with van der Waals surface area (Å²) in [7, 11) is 0. The maximum absolute atomic E-state index is 5.53. The monoisotopic (exact) mass is 320 g/mol. The lowest BCUT2D eigenvalue weighted by Crippen LogP contribution is -1.87. The van der Waals surface area contributed by atoms with Crippen molar-refractivity contribution in [1.29, 1.82) is 0 Å². The van der Waals surface area contributed by atoms with Gasteiger partial charge in [-0.05, 0) is 27.7 Å². The maximum atomic E-state index is 5.53. The van der Waals surface area contributed by atoms with Crippen molar-refractivity contribution in [2.24, 2.45) is 0 Å². The van der Waals surface area contributed by atoms with Crippen molar-refractivity contribution in [3.63, 3.8) is 0 Å². The fraction of sp³-hybridized carbons (Fsp3) is 0.0769. The van der Waals surface area contributed by atoms with Gasteiger partial charge in [0.1, 0.15) is 10.9 Å². The molecule has 2 aromatic heterocycles. The first kappa shape index (κ1) is 11.7. The molecular formula is C13H9BrN2OS. The Labute approximate surface area is 117 Å². The minimum Gasteiger partial charge on any atom is -0.445 e. The summed E-state index contributed by atoms with van der Waals surface area (Å²) in [6, 6.07) is 10.1. The normalized spacial score (nSPS) is 11.0. The van der Waals surface area contributed by atoms with Crippen LogP contribution in [0.1, 0.15) is 0 Å². The summed E-state index contributed by atoms with van der Waals surface area (Å²) in [5, 5.41) is 1.61. The first-order chi connectivity index (χ1) is 8.79. The van der Waals surface area contributed by atoms with Crippen molar-refractivity contribution in [3.8, 4) is 11.1 Å². The van der Waals surface area contributed by atoms with Gasteiger partial charge in [0, 0.05) is 5.56 Å². The van der Waals surface area contributed by atoms with Crippen LogP contribution >= 0.6 is 27.7 Å². The molecule has 0 aliphatic carbocycles. The molecule has 2 heterocycles. The summed E-state index contributed by atoms with van der Waals surface area (Å²) in [5.74, 6) is 0. The molecule has 0 saturated carbocycles. The van der Waals surface area contributed by atoms with E-state index in [2.05, 4.69) is 25.9 Å². The average Bonchev–Trinajstić information content (AvgIpc) is 2.84. The minimum absolute atomic E-state index is 0.611. The number of furan rings is 1. The molecule has 0 aliphatic rings. The number of thioether (sulfide) groups is 1. The van der Waals surface area contributed by atoms with Gasteiger partial charge in [0.05, 0.1) is 5.39 Å². The van der Waals surface area contributed by atoms with E-state index < -0.39 is 0 Å². The molecule has 0 saturated heterocycles. The maximum Gasteiger partial charge on any atom is 0.231 e. The lowest BCUT2D eigenvalue weighted by molar-refractivity contribution is 0.598. The van der Waals surface area contributed by atoms with Gasteiger partial charge in [-0.15, -0.1) is 0 Å². The van der Waals surface area contributed by atoms with Gasteiger partial charge in [-0.2, -0.15) is 4.98 Å². The zero-order chi connectivity index (χ0) is 12.5. The number of hydrogen-bond donors (Lipinski definition) is 0. The van der Waals surface area contributed by atoms with Crippen LogP contribution in [0.2, 0.25) is 0 Å². The van der Waals surface area contributed by atoms with Crippen LogP contribution in [-0.2, 0) is 0 Å². The van der Waals surface area contributed by atoms with Crippen molar-refractivity contribution in [1.82, 2.24) is 9.97 Å². The summed E-state index contributed by atoms with van der Waals surface area (Å²) in [6.45, 7) is 0. The molecule has 0 unspecified atom stereocenters. The third kappa shape index (κ3) is 1.93. The molecule has 0 N–H and O–H groups in total. The van der Waals surface area contributed by atoms with Crippen molar-refractivity contribution >= 4 is 38.8 Å². The number of nitrogens with zero attached hydrogens (tertiary/aromatic N) is 2. The second-order valence-corrected chi connectivity index (χ2v) is 5.22. The SMILES string of the molecule is CSc1nc(Br)c2c(-c3ccccc3)coc2n1. The summed E-state index contributed by atoms with van der Waals surface area (Å²) in [4.78, 5) is 8.74. The summed E-state index contributed by atoms with van der Waals surface area (Å²) < 4.78 is 6.30. The Morgan fingerprint density at radius 1 is 1.17 bits per heavy atom. The molecule has 0 fully saturated rings. The van der Waals surface area contributed by atoms with E-state index in [-0.39, 0.29) is 0 Å². The van der Waals surface area contributed by atoms with Crippen LogP contribution < -0.4 is 0 Å². The standard InChI is InChI=1S/C13H9BrN2OS/c1-18-13-15-11(14)10-9(7-17-12(10)16-13)8-5-3-2-4-6-8/h2-7H,1H3. The first-order valence-electron chi connectivity index (χ1n) is 5.33. The lowest BCUT2D eigenvalue weighted by Gasteiger charge is -2.00. The Hall–Kier alpha value is -1.33. The molecule has 0 amide bonds. The second-order valence-electron chi connectivity index (χ2n) is 3.70. The summed E-state index contributed by atoms with van der Waals surface area (Å²) in [6.07, 6.45) is 3.66. The first-order valence-corrected chi connectivity index (χ1v) is 7.35. The van der Waals surface area contributed by atoms with E-state index in [0.717, 1.165) is 21.1 Å². The van der Waals surface area contributed by atoms with Gasteiger partial charge in [0.15, 0.2) is 5.16 Å². The highest BCUT2D eigenvalue weighted by Gasteiger charge is 2.14. The van der Waals surface area contributed by atoms with Crippen molar-refractivity contribution < 1.29 is 4.42 Å². The van der Waals surface area contributed by atoms with Crippen LogP contribution in [0.4, 0.5) is 0 Å². The predicted molar refractivity (Wildman–Crippen MR) is 76.7 cm³/mol. The Morgan fingerprint density at radius 2 is 1.94 bits per heavy atom. The quantitative estimate of drug-likeness (QED) is 0.399. The molecule has 90 valence electrons. The highest BCUT2D eigenvalue weighted by molar-refractivity contribution is 9.10. The van der Waals surface area contributed by atoms with E-state index in [1.54, 1.807) is 6.26 Å². The Balaban J connectivity index is 2.27. The molecular weight excluding hydrogens is 312 g/mol. The fourth-order valence-electron chi connectivity index (χ4n) is 1.80. The van der Waals surface area contributed by atoms with Crippen molar-refractivity contribution in [2.45, 2.75) is 5.16 Å². The van der Waals surface area contributed by atoms with Crippen LogP contribution in [0.5, 0.6) is 0 Å². The Kier molecular flexibility index (Phi) is 3.09. The summed E-state index contributed by atoms with van der Waals surface area (Å²) >= 11 is 4.98. The average molecular weight is 321 g/mol. The van der Waals surface area contributed by atoms with Gasteiger partial charge in [-0.1, -0.05) is 42.1 Å². The molecule has 5 heteroatoms. The number of benzene rings is 1. The number of fused-ring (bicyclic) bond motifs is 1. The second kappa shape index (κ2) is 4.74. The minimum atomic E-state index is 0.611. The highest BCUT2D eigenvalue weighted by Crippen LogP contribution is 2.34. The zero-order valence-electron chi connectivity index (χ0n) is 9.55. The van der Waals surface area contributed by atoms with Gasteiger partial charge >= 0.3 is 0 Å². The van der Waals surface area contributed by atoms with E-state index in [1.807, 2.05) is 36.6 Å². The van der Waals surface area contributed by atoms with E-state index in [0.29, 0.717) is 10.9 Å². The van der Waals surface area contributed by atoms with Gasteiger partial charge in [0.2, 0.25) is 5.71 Å². The third-order valence-corrected chi connectivity index (χ3v) is 3.76. The molecule has 1 aromatic carbocycles. The molecule has 0 radical (unpaired) electrons. The Bertz CT molecular complexity index is 697. The number of hydrogen-bond acceptors (Lipinski definition) is 4. The van der Waals surface area contributed by atoms with Gasteiger partial charge in [-0.25, -0.2) is 4.98 Å². The number of rotatable bonds is 2. The van der Waals surface area contributed by atoms with Gasteiger partial charge < -0.3 is 4.42 Å². The van der Waals surface area contributed by atoms with Crippen LogP contribution in [0, 0.1) is 0 Å². The molecule has 0 atom stereocenters. The van der Waals surface area contributed by atoms with E-state index >= 15 is 0 Å². The fourth-order valence-corrected chi connectivity index (χ4v) is 2.83. The molecule has 18 heavy (non-hydrogen) atoms. The summed E-state index contributed by atoms with van der Waals surface area (Å²) in [5.41, 5.74) is 2.71. The molecule has 0 bridgehead atoms. The molecule has 0 spiro atoms. The van der Waals surface area contributed by atoms with E-state index in [9.17, 15) is 0 Å². The van der Waals surface area contributed by atoms with E-state index in [1.165, 1.54) is 11.8 Å². The lowest BCUT2D eigenvalue weighted by atomic mass is 10.1. The molecule has 0 aliphatic heterocycles. The van der Waals surface area contributed by atoms with Crippen LogP contribution in [0.15, 0.2) is 50.8 Å². The van der Waals surface area contributed by atoms with Gasteiger partial charge in [0.25, 0.3) is 0 Å². The number of halogens is 1. The smallest absolute Gasteiger partial charge is 0.231 e. The zero-order valence-corrected chi connectivity index (χ0v) is 12.0. The third-order valence-electron chi connectivity index (χ3n) is 2.64. The van der Waals surface area contributed by atoms with Crippen molar-refractivity contribution in [2.75, 3.05) is 6.26 Å². The highest BCUT2D eigenvalue weighted by atomic mass is 79.9.